The number of rotatable bonds is 3. The summed E-state index contributed by atoms with van der Waals surface area (Å²) in [6, 6.07) is 62.9. The van der Waals surface area contributed by atoms with Gasteiger partial charge in [0.25, 0.3) is 0 Å². The molecule has 1 spiro atoms. The lowest BCUT2D eigenvalue weighted by Gasteiger charge is -2.34. The van der Waals surface area contributed by atoms with E-state index in [2.05, 4.69) is 208 Å². The van der Waals surface area contributed by atoms with Gasteiger partial charge in [0.1, 0.15) is 5.82 Å². The summed E-state index contributed by atoms with van der Waals surface area (Å²) in [5, 5.41) is 10.1. The Bertz CT molecular complexity index is 3160. The summed E-state index contributed by atoms with van der Waals surface area (Å²) in [5.74, 6) is 1.14. The van der Waals surface area contributed by atoms with Crippen LogP contribution in [0, 0.1) is 0 Å². The highest BCUT2D eigenvalue weighted by molar-refractivity contribution is 6.02. The maximum atomic E-state index is 4.17. The number of fused-ring (bicyclic) bond motifs is 16. The Labute approximate surface area is 330 Å². The molecule has 4 heteroatoms. The number of para-hydroxylation sites is 2. The first-order valence-electron chi connectivity index (χ1n) is 19.9. The molecule has 268 valence electrons. The van der Waals surface area contributed by atoms with E-state index in [0.29, 0.717) is 0 Å². The number of nitrogens with one attached hydrogen (secondary N) is 2. The van der Waals surface area contributed by atoms with E-state index in [9.17, 15) is 0 Å². The third-order valence-corrected chi connectivity index (χ3v) is 13.1. The summed E-state index contributed by atoms with van der Waals surface area (Å²) < 4.78 is 4.83. The fourth-order valence-electron chi connectivity index (χ4n) is 10.8. The van der Waals surface area contributed by atoms with Crippen molar-refractivity contribution in [2.24, 2.45) is 0 Å². The molecule has 4 aliphatic rings. The molecule has 4 nitrogen and oxygen atoms in total. The van der Waals surface area contributed by atoms with Crippen LogP contribution in [0.1, 0.15) is 45.1 Å². The molecular formula is C53H36N4. The van der Waals surface area contributed by atoms with Crippen molar-refractivity contribution in [1.82, 2.24) is 14.5 Å². The number of nitrogens with zero attached hydrogens (tertiary/aromatic N) is 2. The average Bonchev–Trinajstić information content (AvgIpc) is 3.98. The van der Waals surface area contributed by atoms with Crippen LogP contribution in [-0.4, -0.2) is 9.13 Å². The average molecular weight is 729 g/mol. The summed E-state index contributed by atoms with van der Waals surface area (Å²) in [7, 11) is 0. The third-order valence-electron chi connectivity index (χ3n) is 13.1. The molecule has 57 heavy (non-hydrogen) atoms. The van der Waals surface area contributed by atoms with Gasteiger partial charge in [-0.1, -0.05) is 133 Å². The Balaban J connectivity index is 0.927. The summed E-state index contributed by atoms with van der Waals surface area (Å²) in [6.07, 6.45) is 6.78. The van der Waals surface area contributed by atoms with Crippen LogP contribution in [0.25, 0.3) is 67.6 Å². The molecule has 0 saturated carbocycles. The molecule has 0 bridgehead atoms. The van der Waals surface area contributed by atoms with Crippen molar-refractivity contribution >= 4 is 39.8 Å². The van der Waals surface area contributed by atoms with Crippen molar-refractivity contribution in [3.05, 3.63) is 221 Å². The van der Waals surface area contributed by atoms with Crippen LogP contribution in [0.3, 0.4) is 0 Å². The van der Waals surface area contributed by atoms with Crippen LogP contribution in [0.15, 0.2) is 182 Å². The molecule has 1 unspecified atom stereocenters. The molecule has 13 rings (SSSR count). The SMILES string of the molecule is C1=Cc2c(n(-c3ccc(-c4ccc(-n5c6c(c7ccccc75)C=C5C(N6)c6ccccc6C56c5ccccc5-c5ccccc56)cc4)cc3)c3ccccc23)CN1. The lowest BCUT2D eigenvalue weighted by atomic mass is 9.69. The Morgan fingerprint density at radius 1 is 0.509 bits per heavy atom. The van der Waals surface area contributed by atoms with Gasteiger partial charge in [0.15, 0.2) is 0 Å². The van der Waals surface area contributed by atoms with Crippen molar-refractivity contribution in [1.29, 1.82) is 0 Å². The Morgan fingerprint density at radius 2 is 1.05 bits per heavy atom. The minimum absolute atomic E-state index is 0.0311. The van der Waals surface area contributed by atoms with Gasteiger partial charge >= 0.3 is 0 Å². The highest BCUT2D eigenvalue weighted by Crippen LogP contribution is 2.65. The molecule has 0 fully saturated rings. The van der Waals surface area contributed by atoms with Crippen LogP contribution in [0.5, 0.6) is 0 Å². The minimum atomic E-state index is -0.360. The molecular weight excluding hydrogens is 693 g/mol. The van der Waals surface area contributed by atoms with Gasteiger partial charge in [-0.2, -0.15) is 0 Å². The first-order chi connectivity index (χ1) is 28.3. The molecule has 2 aliphatic carbocycles. The number of hydrogen-bond acceptors (Lipinski definition) is 2. The van der Waals surface area contributed by atoms with Gasteiger partial charge in [0.2, 0.25) is 0 Å². The predicted octanol–water partition coefficient (Wildman–Crippen LogP) is 12.2. The lowest BCUT2D eigenvalue weighted by Crippen LogP contribution is -2.29. The van der Waals surface area contributed by atoms with E-state index in [1.54, 1.807) is 0 Å². The molecule has 0 saturated heterocycles. The molecule has 2 aliphatic heterocycles. The second-order valence-corrected chi connectivity index (χ2v) is 15.7. The Morgan fingerprint density at radius 3 is 1.74 bits per heavy atom. The van der Waals surface area contributed by atoms with E-state index in [-0.39, 0.29) is 11.5 Å². The topological polar surface area (TPSA) is 33.9 Å². The highest BCUT2D eigenvalue weighted by atomic mass is 15.1. The van der Waals surface area contributed by atoms with Gasteiger partial charge < -0.3 is 15.2 Å². The predicted molar refractivity (Wildman–Crippen MR) is 234 cm³/mol. The number of anilines is 1. The molecule has 4 heterocycles. The molecule has 1 atom stereocenters. The van der Waals surface area contributed by atoms with E-state index >= 15 is 0 Å². The molecule has 0 radical (unpaired) electrons. The summed E-state index contributed by atoms with van der Waals surface area (Å²) in [5.41, 5.74) is 20.2. The van der Waals surface area contributed by atoms with Crippen LogP contribution in [0.4, 0.5) is 5.82 Å². The minimum Gasteiger partial charge on any atom is -0.385 e. The van der Waals surface area contributed by atoms with Crippen molar-refractivity contribution in [3.63, 3.8) is 0 Å². The van der Waals surface area contributed by atoms with Gasteiger partial charge in [-0.05, 0) is 105 Å². The van der Waals surface area contributed by atoms with Crippen molar-refractivity contribution in [3.8, 4) is 33.6 Å². The van der Waals surface area contributed by atoms with E-state index in [4.69, 9.17) is 0 Å². The Kier molecular flexibility index (Phi) is 6.18. The quantitative estimate of drug-likeness (QED) is 0.190. The van der Waals surface area contributed by atoms with Crippen molar-refractivity contribution in [2.45, 2.75) is 18.0 Å². The number of benzene rings is 7. The molecule has 9 aromatic rings. The summed E-state index contributed by atoms with van der Waals surface area (Å²) in [4.78, 5) is 0. The first-order valence-corrected chi connectivity index (χ1v) is 19.9. The highest BCUT2D eigenvalue weighted by Gasteiger charge is 2.56. The van der Waals surface area contributed by atoms with Crippen LogP contribution >= 0.6 is 0 Å². The third kappa shape index (κ3) is 4.01. The second kappa shape index (κ2) is 11.4. The molecule has 0 amide bonds. The molecule has 7 aromatic carbocycles. The first kappa shape index (κ1) is 31.0. The van der Waals surface area contributed by atoms with Crippen LogP contribution in [-0.2, 0) is 12.0 Å². The van der Waals surface area contributed by atoms with Crippen molar-refractivity contribution in [2.75, 3.05) is 5.32 Å². The van der Waals surface area contributed by atoms with Gasteiger partial charge in [-0.15, -0.1) is 0 Å². The molecule has 2 N–H and O–H groups in total. The van der Waals surface area contributed by atoms with Gasteiger partial charge in [0.05, 0.1) is 34.7 Å². The maximum absolute atomic E-state index is 4.17. The zero-order valence-electron chi connectivity index (χ0n) is 31.1. The summed E-state index contributed by atoms with van der Waals surface area (Å²) in [6.45, 7) is 0.809. The lowest BCUT2D eigenvalue weighted by molar-refractivity contribution is 0.744. The van der Waals surface area contributed by atoms with Gasteiger partial charge in [-0.25, -0.2) is 0 Å². The normalized spacial score (nSPS) is 16.3. The second-order valence-electron chi connectivity index (χ2n) is 15.7. The summed E-state index contributed by atoms with van der Waals surface area (Å²) >= 11 is 0. The van der Waals surface area contributed by atoms with E-state index in [1.165, 1.54) is 94.4 Å². The standard InChI is InChI=1S/C53H36N4/c1-6-16-44-37(11-1)38-12-2-7-17-45(38)53(44)46-18-8-3-15-42(46)51-47(53)31-43-40-14-5-10-20-49(40)57(52(43)55-51)36-27-23-34(24-28-36)33-21-25-35(26-22-33)56-48-19-9-4-13-39(48)41-29-30-54-32-50(41)56/h1-31,51,54-55H,32H2. The fraction of sp³-hybridized carbons (Fsp3) is 0.0566. The number of aromatic nitrogens is 2. The smallest absolute Gasteiger partial charge is 0.119 e. The van der Waals surface area contributed by atoms with Crippen LogP contribution in [0.2, 0.25) is 0 Å². The zero-order valence-corrected chi connectivity index (χ0v) is 31.1. The van der Waals surface area contributed by atoms with E-state index in [1.807, 2.05) is 0 Å². The van der Waals surface area contributed by atoms with Crippen molar-refractivity contribution < 1.29 is 0 Å². The Hall–Kier alpha value is -7.30. The van der Waals surface area contributed by atoms with Gasteiger partial charge in [0, 0.05) is 33.3 Å². The van der Waals surface area contributed by atoms with E-state index < -0.39 is 0 Å². The van der Waals surface area contributed by atoms with Crippen LogP contribution < -0.4 is 10.6 Å². The number of hydrogen-bond donors (Lipinski definition) is 2. The van der Waals surface area contributed by atoms with E-state index in [0.717, 1.165) is 18.1 Å². The zero-order chi connectivity index (χ0) is 37.2. The maximum Gasteiger partial charge on any atom is 0.119 e. The monoisotopic (exact) mass is 728 g/mol. The van der Waals surface area contributed by atoms with Gasteiger partial charge in [-0.3, -0.25) is 4.57 Å². The largest absolute Gasteiger partial charge is 0.385 e. The molecule has 2 aromatic heterocycles. The fourth-order valence-corrected chi connectivity index (χ4v) is 10.8.